The van der Waals surface area contributed by atoms with Gasteiger partial charge in [-0.2, -0.15) is 5.10 Å². The van der Waals surface area contributed by atoms with Gasteiger partial charge in [0.25, 0.3) is 5.91 Å². The number of aryl methyl sites for hydroxylation is 1. The van der Waals surface area contributed by atoms with Crippen molar-refractivity contribution in [2.75, 3.05) is 37.7 Å². The molecule has 1 aromatic carbocycles. The second kappa shape index (κ2) is 6.99. The molecular formula is C18H20N6O2. The molecule has 0 atom stereocenters. The summed E-state index contributed by atoms with van der Waals surface area (Å²) in [6.45, 7) is 2.78. The molecule has 0 saturated carbocycles. The number of hydrogen-bond donors (Lipinski definition) is 0. The Kier molecular flexibility index (Phi) is 4.39. The summed E-state index contributed by atoms with van der Waals surface area (Å²) < 4.78 is 7.29. The van der Waals surface area contributed by atoms with Crippen LogP contribution in [-0.2, 0) is 11.8 Å². The van der Waals surface area contributed by atoms with Gasteiger partial charge in [0.05, 0.1) is 11.6 Å². The highest BCUT2D eigenvalue weighted by Crippen LogP contribution is 2.23. The Morgan fingerprint density at radius 3 is 2.65 bits per heavy atom. The van der Waals surface area contributed by atoms with Crippen LogP contribution >= 0.6 is 0 Å². The van der Waals surface area contributed by atoms with Crippen LogP contribution in [0.5, 0.6) is 5.75 Å². The van der Waals surface area contributed by atoms with Crippen molar-refractivity contribution < 1.29 is 9.53 Å². The molecule has 0 unspecified atom stereocenters. The number of rotatable bonds is 4. The molecule has 8 nitrogen and oxygen atoms in total. The molecule has 1 saturated heterocycles. The van der Waals surface area contributed by atoms with Crippen LogP contribution in [0.15, 0.2) is 42.9 Å². The van der Waals surface area contributed by atoms with Gasteiger partial charge in [-0.25, -0.2) is 9.97 Å². The predicted molar refractivity (Wildman–Crippen MR) is 97.0 cm³/mol. The maximum Gasteiger partial charge on any atom is 0.260 e. The number of para-hydroxylation sites is 1. The van der Waals surface area contributed by atoms with E-state index in [-0.39, 0.29) is 12.5 Å². The fourth-order valence-electron chi connectivity index (χ4n) is 3.12. The molecule has 26 heavy (non-hydrogen) atoms. The molecular weight excluding hydrogens is 332 g/mol. The van der Waals surface area contributed by atoms with Gasteiger partial charge in [-0.1, -0.05) is 18.2 Å². The first-order valence-corrected chi connectivity index (χ1v) is 8.55. The van der Waals surface area contributed by atoms with Crippen molar-refractivity contribution in [2.45, 2.75) is 0 Å². The minimum atomic E-state index is 0.00251. The van der Waals surface area contributed by atoms with Crippen molar-refractivity contribution in [3.05, 3.63) is 42.9 Å². The smallest absolute Gasteiger partial charge is 0.260 e. The average molecular weight is 352 g/mol. The molecule has 2 aromatic heterocycles. The Morgan fingerprint density at radius 1 is 1.12 bits per heavy atom. The van der Waals surface area contributed by atoms with Crippen molar-refractivity contribution in [3.63, 3.8) is 0 Å². The number of carbonyl (C=O) groups is 1. The Hall–Kier alpha value is -3.16. The molecule has 0 bridgehead atoms. The molecule has 8 heteroatoms. The summed E-state index contributed by atoms with van der Waals surface area (Å²) in [4.78, 5) is 25.1. The van der Waals surface area contributed by atoms with E-state index in [1.165, 1.54) is 0 Å². The lowest BCUT2D eigenvalue weighted by Gasteiger charge is -2.35. The van der Waals surface area contributed by atoms with Gasteiger partial charge in [-0.05, 0) is 12.1 Å². The molecule has 3 heterocycles. The lowest BCUT2D eigenvalue weighted by atomic mass is 10.2. The summed E-state index contributed by atoms with van der Waals surface area (Å²) in [6, 6.07) is 9.39. The number of piperazine rings is 1. The zero-order valence-corrected chi connectivity index (χ0v) is 14.6. The molecule has 0 aliphatic carbocycles. The van der Waals surface area contributed by atoms with Crippen LogP contribution in [0.3, 0.4) is 0 Å². The minimum absolute atomic E-state index is 0.00251. The Labute approximate surface area is 151 Å². The Balaban J connectivity index is 1.37. The third-order valence-corrected chi connectivity index (χ3v) is 4.55. The molecule has 0 spiro atoms. The van der Waals surface area contributed by atoms with Gasteiger partial charge in [0.2, 0.25) is 0 Å². The van der Waals surface area contributed by atoms with Gasteiger partial charge in [-0.3, -0.25) is 9.48 Å². The van der Waals surface area contributed by atoms with Crippen LogP contribution in [0.25, 0.3) is 11.0 Å². The van der Waals surface area contributed by atoms with Gasteiger partial charge < -0.3 is 14.5 Å². The predicted octanol–water partition coefficient (Wildman–Crippen LogP) is 1.09. The molecule has 0 radical (unpaired) electrons. The number of ether oxygens (including phenoxy) is 1. The molecule has 4 rings (SSSR count). The van der Waals surface area contributed by atoms with Gasteiger partial charge in [0.1, 0.15) is 17.9 Å². The Bertz CT molecular complexity index is 902. The zero-order chi connectivity index (χ0) is 17.9. The molecule has 134 valence electrons. The van der Waals surface area contributed by atoms with E-state index in [9.17, 15) is 4.79 Å². The first kappa shape index (κ1) is 16.3. The van der Waals surface area contributed by atoms with E-state index in [4.69, 9.17) is 4.74 Å². The summed E-state index contributed by atoms with van der Waals surface area (Å²) in [6.07, 6.45) is 3.35. The quantitative estimate of drug-likeness (QED) is 0.700. The normalized spacial score (nSPS) is 14.7. The van der Waals surface area contributed by atoms with E-state index in [0.29, 0.717) is 18.8 Å². The number of hydrogen-bond acceptors (Lipinski definition) is 6. The van der Waals surface area contributed by atoms with E-state index >= 15 is 0 Å². The number of benzene rings is 1. The topological polar surface area (TPSA) is 76.4 Å². The van der Waals surface area contributed by atoms with Crippen molar-refractivity contribution in [2.24, 2.45) is 7.05 Å². The number of anilines is 1. The largest absolute Gasteiger partial charge is 0.484 e. The van der Waals surface area contributed by atoms with Crippen LogP contribution in [0.4, 0.5) is 5.82 Å². The van der Waals surface area contributed by atoms with Crippen LogP contribution in [-0.4, -0.2) is 63.3 Å². The molecule has 1 amide bonds. The first-order chi connectivity index (χ1) is 12.7. The molecule has 1 fully saturated rings. The maximum atomic E-state index is 12.4. The summed E-state index contributed by atoms with van der Waals surface area (Å²) >= 11 is 0. The summed E-state index contributed by atoms with van der Waals surface area (Å²) in [5.41, 5.74) is 0.810. The lowest BCUT2D eigenvalue weighted by Crippen LogP contribution is -2.50. The standard InChI is InChI=1S/C18H20N6O2/c1-22-17-15(11-21-22)18(20-13-19-17)24-9-7-23(8-10-24)16(25)12-26-14-5-3-2-4-6-14/h2-6,11,13H,7-10,12H2,1H3. The van der Waals surface area contributed by atoms with E-state index < -0.39 is 0 Å². The fraction of sp³-hybridized carbons (Fsp3) is 0.333. The molecule has 1 aliphatic heterocycles. The monoisotopic (exact) mass is 352 g/mol. The highest BCUT2D eigenvalue weighted by Gasteiger charge is 2.24. The fourth-order valence-corrected chi connectivity index (χ4v) is 3.12. The van der Waals surface area contributed by atoms with Gasteiger partial charge in [0, 0.05) is 33.2 Å². The summed E-state index contributed by atoms with van der Waals surface area (Å²) in [5, 5.41) is 5.19. The van der Waals surface area contributed by atoms with E-state index in [1.807, 2.05) is 42.3 Å². The highest BCUT2D eigenvalue weighted by molar-refractivity contribution is 5.86. The minimum Gasteiger partial charge on any atom is -0.484 e. The van der Waals surface area contributed by atoms with Gasteiger partial charge >= 0.3 is 0 Å². The van der Waals surface area contributed by atoms with Crippen molar-refractivity contribution >= 4 is 22.8 Å². The number of amides is 1. The second-order valence-corrected chi connectivity index (χ2v) is 6.17. The van der Waals surface area contributed by atoms with Crippen LogP contribution in [0.1, 0.15) is 0 Å². The van der Waals surface area contributed by atoms with Crippen LogP contribution in [0, 0.1) is 0 Å². The zero-order valence-electron chi connectivity index (χ0n) is 14.6. The number of carbonyl (C=O) groups excluding carboxylic acids is 1. The van der Waals surface area contributed by atoms with Gasteiger partial charge in [0.15, 0.2) is 12.3 Å². The SMILES string of the molecule is Cn1ncc2c(N3CCN(C(=O)COc4ccccc4)CC3)ncnc21. The highest BCUT2D eigenvalue weighted by atomic mass is 16.5. The number of aromatic nitrogens is 4. The molecule has 1 aliphatic rings. The number of nitrogens with zero attached hydrogens (tertiary/aromatic N) is 6. The van der Waals surface area contributed by atoms with Gasteiger partial charge in [-0.15, -0.1) is 0 Å². The average Bonchev–Trinajstić information content (AvgIpc) is 3.08. The van der Waals surface area contributed by atoms with E-state index in [0.717, 1.165) is 29.9 Å². The summed E-state index contributed by atoms with van der Waals surface area (Å²) in [7, 11) is 1.86. The lowest BCUT2D eigenvalue weighted by molar-refractivity contribution is -0.133. The number of fused-ring (bicyclic) bond motifs is 1. The first-order valence-electron chi connectivity index (χ1n) is 8.55. The Morgan fingerprint density at radius 2 is 1.88 bits per heavy atom. The van der Waals surface area contributed by atoms with Crippen LogP contribution < -0.4 is 9.64 Å². The maximum absolute atomic E-state index is 12.4. The third-order valence-electron chi connectivity index (χ3n) is 4.55. The van der Waals surface area contributed by atoms with Crippen molar-refractivity contribution in [3.8, 4) is 5.75 Å². The molecule has 3 aromatic rings. The third kappa shape index (κ3) is 3.17. The van der Waals surface area contributed by atoms with Crippen LogP contribution in [0.2, 0.25) is 0 Å². The van der Waals surface area contributed by atoms with E-state index in [1.54, 1.807) is 17.2 Å². The van der Waals surface area contributed by atoms with Crippen molar-refractivity contribution in [1.82, 2.24) is 24.6 Å². The van der Waals surface area contributed by atoms with Crippen molar-refractivity contribution in [1.29, 1.82) is 0 Å². The second-order valence-electron chi connectivity index (χ2n) is 6.17. The molecule has 0 N–H and O–H groups in total. The summed E-state index contributed by atoms with van der Waals surface area (Å²) in [5.74, 6) is 1.58. The van der Waals surface area contributed by atoms with E-state index in [2.05, 4.69) is 20.0 Å².